The van der Waals surface area contributed by atoms with Crippen LogP contribution in [0.4, 0.5) is 0 Å². The molecule has 0 aliphatic rings. The Hall–Kier alpha value is -4.11. The molecule has 0 spiro atoms. The van der Waals surface area contributed by atoms with Gasteiger partial charge in [0.2, 0.25) is 23.6 Å². The van der Waals surface area contributed by atoms with Crippen LogP contribution in [0.5, 0.6) is 0 Å². The van der Waals surface area contributed by atoms with Gasteiger partial charge in [0.25, 0.3) is 0 Å². The van der Waals surface area contributed by atoms with Crippen LogP contribution in [0.25, 0.3) is 10.9 Å². The summed E-state index contributed by atoms with van der Waals surface area (Å²) < 4.78 is 0. The number of fused-ring (bicyclic) bond motifs is 1. The number of primary amides is 1. The van der Waals surface area contributed by atoms with Crippen LogP contribution in [0.1, 0.15) is 37.7 Å². The Balaban J connectivity index is 2.27. The van der Waals surface area contributed by atoms with Gasteiger partial charge >= 0.3 is 11.9 Å². The summed E-state index contributed by atoms with van der Waals surface area (Å²) in [7, 11) is 0. The minimum absolute atomic E-state index is 0.0144. The molecule has 4 unspecified atom stereocenters. The molecule has 1 aromatic carbocycles. The molecule has 0 saturated heterocycles. The molecule has 0 aliphatic carbocycles. The van der Waals surface area contributed by atoms with Crippen molar-refractivity contribution in [1.82, 2.24) is 20.9 Å². The van der Waals surface area contributed by atoms with E-state index in [1.165, 1.54) is 11.8 Å². The molecule has 0 bridgehead atoms. The molecule has 1 aromatic heterocycles. The first-order chi connectivity index (χ1) is 19.4. The van der Waals surface area contributed by atoms with Gasteiger partial charge in [-0.05, 0) is 42.9 Å². The standard InChI is InChI=1S/C26H36N6O8S/c1-41-11-10-18(24(37)31-19(26(39)40)7-8-21(28)33)30-25(38)20(32-23(36)16(27)6-9-22(34)35)12-14-13-29-17-5-3-2-4-15(14)17/h2-5,13,16,18-20,29H,6-12,27H2,1H3,(H2,28,33)(H,30,38)(H,31,37)(H,32,36)(H,34,35)(H,39,40). The molecule has 1 heterocycles. The third-order valence-corrected chi connectivity index (χ3v) is 6.92. The van der Waals surface area contributed by atoms with E-state index < -0.39 is 59.7 Å². The number of hydrogen-bond donors (Lipinski definition) is 8. The number of H-pyrrole nitrogens is 1. The summed E-state index contributed by atoms with van der Waals surface area (Å²) in [4.78, 5) is 76.1. The Morgan fingerprint density at radius 2 is 1.51 bits per heavy atom. The van der Waals surface area contributed by atoms with Gasteiger partial charge in [0.15, 0.2) is 0 Å². The summed E-state index contributed by atoms with van der Waals surface area (Å²) in [5.74, 6) is -5.02. The molecule has 4 amide bonds. The maximum Gasteiger partial charge on any atom is 0.326 e. The number of para-hydroxylation sites is 1. The van der Waals surface area contributed by atoms with E-state index >= 15 is 0 Å². The molecular weight excluding hydrogens is 556 g/mol. The van der Waals surface area contributed by atoms with E-state index in [2.05, 4.69) is 20.9 Å². The van der Waals surface area contributed by atoms with Gasteiger partial charge in [-0.15, -0.1) is 0 Å². The Kier molecular flexibility index (Phi) is 13.1. The lowest BCUT2D eigenvalue weighted by Crippen LogP contribution is -2.57. The summed E-state index contributed by atoms with van der Waals surface area (Å²) in [5, 5.41) is 26.7. The summed E-state index contributed by atoms with van der Waals surface area (Å²) in [5.41, 5.74) is 12.5. The Bertz CT molecular complexity index is 1250. The molecule has 14 nitrogen and oxygen atoms in total. The van der Waals surface area contributed by atoms with Gasteiger partial charge in [-0.3, -0.25) is 24.0 Å². The Labute approximate surface area is 240 Å². The molecule has 10 N–H and O–H groups in total. The number of hydrogen-bond acceptors (Lipinski definition) is 8. The number of carboxylic acids is 2. The van der Waals surface area contributed by atoms with E-state index in [-0.39, 0.29) is 38.5 Å². The number of thioether (sulfide) groups is 1. The highest BCUT2D eigenvalue weighted by Gasteiger charge is 2.31. The van der Waals surface area contributed by atoms with Gasteiger partial charge in [0.05, 0.1) is 6.04 Å². The van der Waals surface area contributed by atoms with E-state index in [4.69, 9.17) is 16.6 Å². The van der Waals surface area contributed by atoms with Crippen LogP contribution in [0.15, 0.2) is 30.5 Å². The second-order valence-corrected chi connectivity index (χ2v) is 10.4. The number of aliphatic carboxylic acids is 2. The molecule has 2 aromatic rings. The fraction of sp³-hybridized carbons (Fsp3) is 0.462. The topological polar surface area (TPSA) is 247 Å². The number of nitrogens with one attached hydrogen (secondary N) is 4. The molecule has 0 radical (unpaired) electrons. The number of benzene rings is 1. The van der Waals surface area contributed by atoms with Crippen molar-refractivity contribution in [1.29, 1.82) is 0 Å². The third-order valence-electron chi connectivity index (χ3n) is 6.28. The van der Waals surface area contributed by atoms with Crippen molar-refractivity contribution in [3.05, 3.63) is 36.0 Å². The lowest BCUT2D eigenvalue weighted by atomic mass is 10.0. The number of aromatic amines is 1. The first-order valence-corrected chi connectivity index (χ1v) is 14.3. The molecule has 2 rings (SSSR count). The van der Waals surface area contributed by atoms with Crippen LogP contribution in [-0.2, 0) is 35.2 Å². The molecule has 41 heavy (non-hydrogen) atoms. The van der Waals surface area contributed by atoms with Crippen LogP contribution < -0.4 is 27.4 Å². The van der Waals surface area contributed by atoms with Gasteiger partial charge in [-0.25, -0.2) is 4.79 Å². The smallest absolute Gasteiger partial charge is 0.326 e. The maximum absolute atomic E-state index is 13.5. The minimum atomic E-state index is -1.40. The quantitative estimate of drug-likeness (QED) is 0.110. The fourth-order valence-corrected chi connectivity index (χ4v) is 4.48. The zero-order chi connectivity index (χ0) is 30.5. The predicted molar refractivity (Wildman–Crippen MR) is 152 cm³/mol. The van der Waals surface area contributed by atoms with Gasteiger partial charge in [0.1, 0.15) is 18.1 Å². The Morgan fingerprint density at radius 3 is 2.15 bits per heavy atom. The monoisotopic (exact) mass is 592 g/mol. The molecule has 0 fully saturated rings. The van der Waals surface area contributed by atoms with Gasteiger partial charge in [-0.1, -0.05) is 18.2 Å². The zero-order valence-corrected chi connectivity index (χ0v) is 23.4. The molecule has 4 atom stereocenters. The number of carboxylic acid groups (broad SMARTS) is 2. The van der Waals surface area contributed by atoms with Crippen LogP contribution in [0.3, 0.4) is 0 Å². The number of amides is 4. The predicted octanol–water partition coefficient (Wildman–Crippen LogP) is -0.540. The minimum Gasteiger partial charge on any atom is -0.481 e. The first kappa shape index (κ1) is 33.1. The zero-order valence-electron chi connectivity index (χ0n) is 22.6. The third kappa shape index (κ3) is 10.8. The molecule has 0 saturated carbocycles. The van der Waals surface area contributed by atoms with E-state index in [9.17, 15) is 33.9 Å². The average molecular weight is 593 g/mol. The van der Waals surface area contributed by atoms with Crippen molar-refractivity contribution in [2.24, 2.45) is 11.5 Å². The summed E-state index contributed by atoms with van der Waals surface area (Å²) >= 11 is 1.40. The number of nitrogens with two attached hydrogens (primary N) is 2. The molecule has 224 valence electrons. The van der Waals surface area contributed by atoms with Crippen molar-refractivity contribution in [2.75, 3.05) is 12.0 Å². The fourth-order valence-electron chi connectivity index (χ4n) is 4.01. The lowest BCUT2D eigenvalue weighted by molar-refractivity contribution is -0.142. The highest BCUT2D eigenvalue weighted by molar-refractivity contribution is 7.98. The number of aromatic nitrogens is 1. The largest absolute Gasteiger partial charge is 0.481 e. The van der Waals surface area contributed by atoms with Crippen LogP contribution in [0.2, 0.25) is 0 Å². The van der Waals surface area contributed by atoms with E-state index in [1.54, 1.807) is 12.5 Å². The van der Waals surface area contributed by atoms with Crippen LogP contribution in [0, 0.1) is 0 Å². The second kappa shape index (κ2) is 16.2. The van der Waals surface area contributed by atoms with Crippen molar-refractivity contribution in [3.63, 3.8) is 0 Å². The van der Waals surface area contributed by atoms with Gasteiger partial charge < -0.3 is 42.6 Å². The Morgan fingerprint density at radius 1 is 0.878 bits per heavy atom. The lowest BCUT2D eigenvalue weighted by Gasteiger charge is -2.25. The summed E-state index contributed by atoms with van der Waals surface area (Å²) in [6, 6.07) is 2.37. The second-order valence-electron chi connectivity index (χ2n) is 9.41. The number of rotatable bonds is 18. The van der Waals surface area contributed by atoms with Crippen molar-refractivity contribution >= 4 is 58.2 Å². The van der Waals surface area contributed by atoms with Gasteiger partial charge in [0, 0.05) is 36.4 Å². The van der Waals surface area contributed by atoms with Gasteiger partial charge in [-0.2, -0.15) is 11.8 Å². The normalized spacial score (nSPS) is 13.9. The van der Waals surface area contributed by atoms with E-state index in [0.717, 1.165) is 10.9 Å². The SMILES string of the molecule is CSCCC(NC(=O)C(Cc1c[nH]c2ccccc12)NC(=O)C(N)CCC(=O)O)C(=O)NC(CCC(N)=O)C(=O)O. The highest BCUT2D eigenvalue weighted by atomic mass is 32.2. The first-order valence-electron chi connectivity index (χ1n) is 12.9. The van der Waals surface area contributed by atoms with Crippen LogP contribution in [-0.4, -0.2) is 86.9 Å². The van der Waals surface area contributed by atoms with Crippen LogP contribution >= 0.6 is 11.8 Å². The highest BCUT2D eigenvalue weighted by Crippen LogP contribution is 2.19. The van der Waals surface area contributed by atoms with E-state index in [0.29, 0.717) is 11.3 Å². The van der Waals surface area contributed by atoms with Crippen molar-refractivity contribution < 1.29 is 39.0 Å². The van der Waals surface area contributed by atoms with E-state index in [1.807, 2.05) is 24.3 Å². The van der Waals surface area contributed by atoms with Crippen molar-refractivity contribution in [2.45, 2.75) is 62.7 Å². The summed E-state index contributed by atoms with van der Waals surface area (Å²) in [6.45, 7) is 0. The molecular formula is C26H36N6O8S. The molecule has 0 aliphatic heterocycles. The molecule has 15 heteroatoms. The summed E-state index contributed by atoms with van der Waals surface area (Å²) in [6.07, 6.45) is 2.66. The maximum atomic E-state index is 13.5. The number of carbonyl (C=O) groups excluding carboxylic acids is 4. The van der Waals surface area contributed by atoms with Crippen molar-refractivity contribution in [3.8, 4) is 0 Å². The average Bonchev–Trinajstić information content (AvgIpc) is 3.33. The number of carbonyl (C=O) groups is 6.